The van der Waals surface area contributed by atoms with E-state index in [1.165, 1.54) is 13.2 Å². The number of ether oxygens (including phenoxy) is 3. The van der Waals surface area contributed by atoms with Crippen LogP contribution >= 0.6 is 0 Å². The molecule has 1 aromatic rings. The molecule has 1 aliphatic heterocycles. The van der Waals surface area contributed by atoms with E-state index in [2.05, 4.69) is 10.1 Å². The molecule has 1 saturated heterocycles. The SMILES string of the molecule is COc1ccc(CCNC(=O)CC2CCN(C(=O)OC(C)(C)C)CC2)cc1OC(F)F. The number of methoxy groups -OCH3 is 1. The lowest BCUT2D eigenvalue weighted by Gasteiger charge is -2.33. The molecule has 0 aromatic heterocycles. The summed E-state index contributed by atoms with van der Waals surface area (Å²) in [5.74, 6) is 0.350. The number of nitrogens with one attached hydrogen (secondary N) is 1. The van der Waals surface area contributed by atoms with Crippen LogP contribution in [0.1, 0.15) is 45.6 Å². The lowest BCUT2D eigenvalue weighted by molar-refractivity contribution is -0.122. The molecular weight excluding hydrogens is 410 g/mol. The van der Waals surface area contributed by atoms with Gasteiger partial charge in [-0.05, 0) is 63.6 Å². The monoisotopic (exact) mass is 442 g/mol. The van der Waals surface area contributed by atoms with Crippen LogP contribution < -0.4 is 14.8 Å². The Labute approximate surface area is 182 Å². The normalized spacial score (nSPS) is 15.0. The van der Waals surface area contributed by atoms with Crippen LogP contribution in [-0.2, 0) is 16.0 Å². The molecule has 174 valence electrons. The first-order valence-corrected chi connectivity index (χ1v) is 10.4. The van der Waals surface area contributed by atoms with Crippen LogP contribution in [0.5, 0.6) is 11.5 Å². The van der Waals surface area contributed by atoms with Gasteiger partial charge in [0.05, 0.1) is 7.11 Å². The van der Waals surface area contributed by atoms with Crippen molar-refractivity contribution in [3.63, 3.8) is 0 Å². The van der Waals surface area contributed by atoms with Crippen molar-refractivity contribution in [1.29, 1.82) is 0 Å². The van der Waals surface area contributed by atoms with E-state index >= 15 is 0 Å². The van der Waals surface area contributed by atoms with Crippen LogP contribution in [0.2, 0.25) is 0 Å². The van der Waals surface area contributed by atoms with Gasteiger partial charge in [0.2, 0.25) is 5.91 Å². The zero-order valence-corrected chi connectivity index (χ0v) is 18.6. The van der Waals surface area contributed by atoms with E-state index in [9.17, 15) is 18.4 Å². The summed E-state index contributed by atoms with van der Waals surface area (Å²) >= 11 is 0. The second kappa shape index (κ2) is 11.2. The van der Waals surface area contributed by atoms with Crippen LogP contribution in [0.25, 0.3) is 0 Å². The number of likely N-dealkylation sites (tertiary alicyclic amines) is 1. The summed E-state index contributed by atoms with van der Waals surface area (Å²) in [4.78, 5) is 26.0. The van der Waals surface area contributed by atoms with Crippen molar-refractivity contribution >= 4 is 12.0 Å². The number of halogens is 2. The molecule has 1 fully saturated rings. The van der Waals surface area contributed by atoms with E-state index < -0.39 is 12.2 Å². The van der Waals surface area contributed by atoms with Gasteiger partial charge in [0.1, 0.15) is 5.60 Å². The maximum Gasteiger partial charge on any atom is 0.410 e. The Hall–Kier alpha value is -2.58. The number of amides is 2. The van der Waals surface area contributed by atoms with E-state index in [1.807, 2.05) is 20.8 Å². The number of piperidine rings is 1. The fourth-order valence-electron chi connectivity index (χ4n) is 3.39. The van der Waals surface area contributed by atoms with E-state index in [4.69, 9.17) is 9.47 Å². The number of rotatable bonds is 8. The van der Waals surface area contributed by atoms with Crippen molar-refractivity contribution in [1.82, 2.24) is 10.2 Å². The molecule has 0 radical (unpaired) electrons. The van der Waals surface area contributed by atoms with Crippen LogP contribution in [0.3, 0.4) is 0 Å². The molecule has 0 saturated carbocycles. The average molecular weight is 443 g/mol. The molecule has 0 aliphatic carbocycles. The van der Waals surface area contributed by atoms with Gasteiger partial charge in [0.25, 0.3) is 0 Å². The van der Waals surface area contributed by atoms with Crippen molar-refractivity contribution in [3.8, 4) is 11.5 Å². The highest BCUT2D eigenvalue weighted by Gasteiger charge is 2.27. The number of alkyl halides is 2. The van der Waals surface area contributed by atoms with Crippen molar-refractivity contribution < 1.29 is 32.6 Å². The molecule has 1 aliphatic rings. The molecule has 1 aromatic carbocycles. The van der Waals surface area contributed by atoms with Gasteiger partial charge in [0.15, 0.2) is 11.5 Å². The average Bonchev–Trinajstić information content (AvgIpc) is 2.67. The summed E-state index contributed by atoms with van der Waals surface area (Å²) < 4.78 is 39.9. The van der Waals surface area contributed by atoms with Crippen molar-refractivity contribution in [2.24, 2.45) is 5.92 Å². The van der Waals surface area contributed by atoms with Gasteiger partial charge in [-0.25, -0.2) is 4.79 Å². The fourth-order valence-corrected chi connectivity index (χ4v) is 3.39. The van der Waals surface area contributed by atoms with Crippen LogP contribution in [0, 0.1) is 5.92 Å². The smallest absolute Gasteiger partial charge is 0.410 e. The molecule has 2 rings (SSSR count). The summed E-state index contributed by atoms with van der Waals surface area (Å²) in [7, 11) is 1.38. The summed E-state index contributed by atoms with van der Waals surface area (Å²) in [6.07, 6.45) is 2.06. The molecule has 0 spiro atoms. The number of nitrogens with zero attached hydrogens (tertiary/aromatic N) is 1. The molecule has 1 heterocycles. The van der Waals surface area contributed by atoms with E-state index in [0.717, 1.165) is 18.4 Å². The first-order valence-electron chi connectivity index (χ1n) is 10.4. The van der Waals surface area contributed by atoms with Gasteiger partial charge in [-0.1, -0.05) is 6.07 Å². The number of hydrogen-bond donors (Lipinski definition) is 1. The van der Waals surface area contributed by atoms with Crippen molar-refractivity contribution in [3.05, 3.63) is 23.8 Å². The Morgan fingerprint density at radius 1 is 1.19 bits per heavy atom. The Morgan fingerprint density at radius 3 is 2.45 bits per heavy atom. The zero-order valence-electron chi connectivity index (χ0n) is 18.6. The van der Waals surface area contributed by atoms with Crippen LogP contribution in [0.15, 0.2) is 18.2 Å². The predicted octanol–water partition coefficient (Wildman–Crippen LogP) is 3.99. The highest BCUT2D eigenvalue weighted by molar-refractivity contribution is 5.76. The third kappa shape index (κ3) is 8.59. The van der Waals surface area contributed by atoms with Gasteiger partial charge in [-0.2, -0.15) is 8.78 Å². The topological polar surface area (TPSA) is 77.1 Å². The molecule has 0 unspecified atom stereocenters. The fraction of sp³-hybridized carbons (Fsp3) is 0.636. The molecule has 31 heavy (non-hydrogen) atoms. The first-order chi connectivity index (χ1) is 14.6. The quantitative estimate of drug-likeness (QED) is 0.659. The van der Waals surface area contributed by atoms with Gasteiger partial charge >= 0.3 is 12.7 Å². The highest BCUT2D eigenvalue weighted by Crippen LogP contribution is 2.29. The minimum atomic E-state index is -2.94. The second-order valence-electron chi connectivity index (χ2n) is 8.58. The number of hydrogen-bond acceptors (Lipinski definition) is 5. The molecule has 0 atom stereocenters. The minimum absolute atomic E-state index is 0.0296. The zero-order chi connectivity index (χ0) is 23.0. The summed E-state index contributed by atoms with van der Waals surface area (Å²) in [5, 5.41) is 2.87. The highest BCUT2D eigenvalue weighted by atomic mass is 19.3. The molecule has 9 heteroatoms. The predicted molar refractivity (Wildman–Crippen MR) is 111 cm³/mol. The Kier molecular flexibility index (Phi) is 8.88. The Morgan fingerprint density at radius 2 is 1.87 bits per heavy atom. The van der Waals surface area contributed by atoms with Gasteiger partial charge in [-0.3, -0.25) is 4.79 Å². The minimum Gasteiger partial charge on any atom is -0.493 e. The molecule has 2 amide bonds. The summed E-state index contributed by atoms with van der Waals surface area (Å²) in [6, 6.07) is 4.80. The second-order valence-corrected chi connectivity index (χ2v) is 8.58. The molecule has 0 bridgehead atoms. The third-order valence-electron chi connectivity index (χ3n) is 4.92. The number of benzene rings is 1. The number of carbonyl (C=O) groups excluding carboxylic acids is 2. The Balaban J connectivity index is 1.73. The van der Waals surface area contributed by atoms with Crippen LogP contribution in [-0.4, -0.2) is 55.9 Å². The maximum absolute atomic E-state index is 12.5. The van der Waals surface area contributed by atoms with E-state index in [-0.39, 0.29) is 29.4 Å². The molecule has 1 N–H and O–H groups in total. The van der Waals surface area contributed by atoms with Gasteiger partial charge in [-0.15, -0.1) is 0 Å². The van der Waals surface area contributed by atoms with Gasteiger partial charge in [0, 0.05) is 26.1 Å². The van der Waals surface area contributed by atoms with Crippen LogP contribution in [0.4, 0.5) is 13.6 Å². The largest absolute Gasteiger partial charge is 0.493 e. The van der Waals surface area contributed by atoms with E-state index in [0.29, 0.717) is 32.5 Å². The lowest BCUT2D eigenvalue weighted by atomic mass is 9.93. The first kappa shape index (κ1) is 24.7. The molecular formula is C22H32F2N2O5. The maximum atomic E-state index is 12.5. The van der Waals surface area contributed by atoms with E-state index in [1.54, 1.807) is 17.0 Å². The number of carbonyl (C=O) groups is 2. The molecule has 7 nitrogen and oxygen atoms in total. The third-order valence-corrected chi connectivity index (χ3v) is 4.92. The standard InChI is InChI=1S/C22H32F2N2O5/c1-22(2,3)31-21(28)26-11-8-16(9-12-26)14-19(27)25-10-7-15-5-6-17(29-4)18(13-15)30-20(23)24/h5-6,13,16,20H,7-12,14H2,1-4H3,(H,25,27). The van der Waals surface area contributed by atoms with Gasteiger partial charge < -0.3 is 24.4 Å². The van der Waals surface area contributed by atoms with Crippen molar-refractivity contribution in [2.45, 2.75) is 58.7 Å². The summed E-state index contributed by atoms with van der Waals surface area (Å²) in [5.41, 5.74) is 0.228. The van der Waals surface area contributed by atoms with Crippen molar-refractivity contribution in [2.75, 3.05) is 26.7 Å². The summed E-state index contributed by atoms with van der Waals surface area (Å²) in [6.45, 7) is 4.10. The Bertz CT molecular complexity index is 744. The lowest BCUT2D eigenvalue weighted by Crippen LogP contribution is -2.42.